The lowest BCUT2D eigenvalue weighted by Gasteiger charge is -2.24. The summed E-state index contributed by atoms with van der Waals surface area (Å²) in [5.74, 6) is 0. The van der Waals surface area contributed by atoms with E-state index < -0.39 is 9.76 Å². The van der Waals surface area contributed by atoms with Gasteiger partial charge in [0, 0.05) is 5.41 Å². The Bertz CT molecular complexity index is 320. The van der Waals surface area contributed by atoms with Crippen molar-refractivity contribution >= 4 is 9.76 Å². The molecule has 0 bridgehead atoms. The maximum Gasteiger partial charge on any atom is 0.224 e. The van der Waals surface area contributed by atoms with Gasteiger partial charge in [-0.15, -0.1) is 0 Å². The highest BCUT2D eigenvalue weighted by Crippen LogP contribution is 2.30. The molecule has 0 radical (unpaired) electrons. The molecule has 0 N–H and O–H groups in total. The van der Waals surface area contributed by atoms with Gasteiger partial charge in [-0.25, -0.2) is 0 Å². The molecule has 16 heavy (non-hydrogen) atoms. The van der Waals surface area contributed by atoms with Crippen LogP contribution in [0.2, 0.25) is 5.04 Å². The van der Waals surface area contributed by atoms with E-state index in [0.717, 1.165) is 6.42 Å². The second kappa shape index (κ2) is 5.04. The van der Waals surface area contributed by atoms with Crippen molar-refractivity contribution in [1.29, 1.82) is 0 Å². The van der Waals surface area contributed by atoms with Gasteiger partial charge >= 0.3 is 0 Å². The van der Waals surface area contributed by atoms with Crippen molar-refractivity contribution in [2.75, 3.05) is 0 Å². The van der Waals surface area contributed by atoms with Crippen molar-refractivity contribution in [2.45, 2.75) is 46.1 Å². The van der Waals surface area contributed by atoms with E-state index in [1.54, 1.807) is 0 Å². The zero-order valence-corrected chi connectivity index (χ0v) is 12.6. The number of hydrogen-bond donors (Lipinski definition) is 0. The van der Waals surface area contributed by atoms with E-state index in [-0.39, 0.29) is 5.41 Å². The van der Waals surface area contributed by atoms with Crippen molar-refractivity contribution in [3.63, 3.8) is 0 Å². The number of allylic oxidation sites excluding steroid dienone is 5. The van der Waals surface area contributed by atoms with Gasteiger partial charge in [-0.1, -0.05) is 51.5 Å². The van der Waals surface area contributed by atoms with Gasteiger partial charge in [-0.05, 0) is 24.5 Å². The fourth-order valence-corrected chi connectivity index (χ4v) is 2.16. The van der Waals surface area contributed by atoms with Crippen LogP contribution in [0.15, 0.2) is 36.1 Å². The minimum absolute atomic E-state index is 0.145. The molecule has 0 heterocycles. The summed E-state index contributed by atoms with van der Waals surface area (Å²) in [6, 6.07) is 0. The van der Waals surface area contributed by atoms with Crippen LogP contribution in [0.5, 0.6) is 0 Å². The second-order valence-corrected chi connectivity index (χ2v) is 8.91. The van der Waals surface area contributed by atoms with E-state index in [4.69, 9.17) is 4.43 Å². The van der Waals surface area contributed by atoms with E-state index in [9.17, 15) is 0 Å². The molecule has 1 nitrogen and oxygen atoms in total. The molecule has 1 unspecified atom stereocenters. The molecule has 0 aromatic rings. The number of rotatable bonds is 3. The first kappa shape index (κ1) is 13.3. The summed E-state index contributed by atoms with van der Waals surface area (Å²) in [4.78, 5) is 0. The average Bonchev–Trinajstić information content (AvgIpc) is 2.17. The van der Waals surface area contributed by atoms with Gasteiger partial charge < -0.3 is 4.43 Å². The van der Waals surface area contributed by atoms with Crippen molar-refractivity contribution in [3.8, 4) is 0 Å². The SMILES string of the molecule is CC1=CCC(C)(C=CO[SiH2]C(C)(C)C)C=C1. The van der Waals surface area contributed by atoms with E-state index in [2.05, 4.69) is 58.9 Å². The van der Waals surface area contributed by atoms with Crippen LogP contribution in [-0.4, -0.2) is 9.76 Å². The van der Waals surface area contributed by atoms with Gasteiger partial charge in [-0.2, -0.15) is 0 Å². The summed E-state index contributed by atoms with van der Waals surface area (Å²) >= 11 is 0. The molecule has 1 aliphatic carbocycles. The zero-order chi connectivity index (χ0) is 12.2. The van der Waals surface area contributed by atoms with Crippen LogP contribution in [0.3, 0.4) is 0 Å². The maximum absolute atomic E-state index is 5.70. The summed E-state index contributed by atoms with van der Waals surface area (Å²) in [5.41, 5.74) is 1.50. The second-order valence-electron chi connectivity index (χ2n) is 6.17. The molecule has 0 aromatic heterocycles. The Balaban J connectivity index is 2.43. The van der Waals surface area contributed by atoms with E-state index in [1.165, 1.54) is 5.57 Å². The van der Waals surface area contributed by atoms with Crippen LogP contribution in [0.25, 0.3) is 0 Å². The summed E-state index contributed by atoms with van der Waals surface area (Å²) in [6.45, 7) is 11.1. The maximum atomic E-state index is 5.70. The summed E-state index contributed by atoms with van der Waals surface area (Å²) in [7, 11) is -0.460. The molecule has 2 heteroatoms. The fourth-order valence-electron chi connectivity index (χ4n) is 1.46. The topological polar surface area (TPSA) is 9.23 Å². The molecular formula is C14H24OSi. The first-order chi connectivity index (χ1) is 7.31. The zero-order valence-electron chi connectivity index (χ0n) is 11.2. The highest BCUT2D eigenvalue weighted by molar-refractivity contribution is 6.31. The Kier molecular flexibility index (Phi) is 4.19. The van der Waals surface area contributed by atoms with E-state index >= 15 is 0 Å². The van der Waals surface area contributed by atoms with Gasteiger partial charge in [0.2, 0.25) is 9.76 Å². The van der Waals surface area contributed by atoms with Gasteiger partial charge in [-0.3, -0.25) is 0 Å². The third kappa shape index (κ3) is 4.84. The first-order valence-corrected chi connectivity index (χ1v) is 7.25. The normalized spacial score (nSPS) is 26.7. The third-order valence-electron chi connectivity index (χ3n) is 2.65. The third-order valence-corrected chi connectivity index (χ3v) is 3.88. The van der Waals surface area contributed by atoms with Crippen molar-refractivity contribution in [3.05, 3.63) is 36.1 Å². The van der Waals surface area contributed by atoms with Crippen LogP contribution >= 0.6 is 0 Å². The largest absolute Gasteiger partial charge is 0.554 e. The van der Waals surface area contributed by atoms with Crippen LogP contribution in [0, 0.1) is 5.41 Å². The average molecular weight is 236 g/mol. The standard InChI is InChI=1S/C14H24OSi/c1-12-6-8-14(5,9-7-12)10-11-15-16-13(2,3)4/h6-8,10-11H,9,16H2,1-5H3. The summed E-state index contributed by atoms with van der Waals surface area (Å²) in [5, 5.41) is 0.365. The molecule has 1 rings (SSSR count). The minimum atomic E-state index is -0.460. The smallest absolute Gasteiger partial charge is 0.224 e. The molecule has 0 saturated heterocycles. The predicted molar refractivity (Wildman–Crippen MR) is 74.1 cm³/mol. The van der Waals surface area contributed by atoms with Crippen molar-refractivity contribution in [1.82, 2.24) is 0 Å². The molecule has 0 aliphatic heterocycles. The van der Waals surface area contributed by atoms with Gasteiger partial charge in [0.05, 0.1) is 6.26 Å². The van der Waals surface area contributed by atoms with Crippen LogP contribution in [0.1, 0.15) is 41.0 Å². The Morgan fingerprint density at radius 3 is 2.62 bits per heavy atom. The Hall–Kier alpha value is -0.763. The monoisotopic (exact) mass is 236 g/mol. The predicted octanol–water partition coefficient (Wildman–Crippen LogP) is 3.73. The van der Waals surface area contributed by atoms with Crippen LogP contribution < -0.4 is 0 Å². The van der Waals surface area contributed by atoms with E-state index in [1.807, 2.05) is 6.26 Å². The molecule has 0 amide bonds. The van der Waals surface area contributed by atoms with Gasteiger partial charge in [0.15, 0.2) is 0 Å². The highest BCUT2D eigenvalue weighted by Gasteiger charge is 2.18. The Labute approximate surface area is 102 Å². The fraction of sp³-hybridized carbons (Fsp3) is 0.571. The first-order valence-electron chi connectivity index (χ1n) is 5.96. The minimum Gasteiger partial charge on any atom is -0.554 e. The van der Waals surface area contributed by atoms with Crippen LogP contribution in [0.4, 0.5) is 0 Å². The molecule has 0 saturated carbocycles. The molecule has 90 valence electrons. The summed E-state index contributed by atoms with van der Waals surface area (Å²) in [6.07, 6.45) is 11.9. The molecule has 0 aromatic carbocycles. The van der Waals surface area contributed by atoms with Crippen molar-refractivity contribution in [2.24, 2.45) is 5.41 Å². The van der Waals surface area contributed by atoms with Crippen LogP contribution in [-0.2, 0) is 4.43 Å². The molecular weight excluding hydrogens is 212 g/mol. The van der Waals surface area contributed by atoms with Gasteiger partial charge in [0.25, 0.3) is 0 Å². The highest BCUT2D eigenvalue weighted by atomic mass is 28.2. The van der Waals surface area contributed by atoms with Crippen molar-refractivity contribution < 1.29 is 4.43 Å². The molecule has 0 spiro atoms. The Morgan fingerprint density at radius 1 is 1.44 bits per heavy atom. The lowest BCUT2D eigenvalue weighted by atomic mass is 9.82. The number of hydrogen-bond acceptors (Lipinski definition) is 1. The lowest BCUT2D eigenvalue weighted by Crippen LogP contribution is -2.13. The Morgan fingerprint density at radius 2 is 2.12 bits per heavy atom. The van der Waals surface area contributed by atoms with Gasteiger partial charge in [0.1, 0.15) is 0 Å². The quantitative estimate of drug-likeness (QED) is 0.536. The summed E-state index contributed by atoms with van der Waals surface area (Å²) < 4.78 is 5.70. The molecule has 1 aliphatic rings. The van der Waals surface area contributed by atoms with E-state index in [0.29, 0.717) is 5.04 Å². The lowest BCUT2D eigenvalue weighted by molar-refractivity contribution is 0.457. The molecule has 1 atom stereocenters. The molecule has 0 fully saturated rings.